The van der Waals surface area contributed by atoms with Crippen molar-refractivity contribution in [2.24, 2.45) is 5.73 Å². The topological polar surface area (TPSA) is 71.2 Å². The van der Waals surface area contributed by atoms with E-state index in [2.05, 4.69) is 33.4 Å². The van der Waals surface area contributed by atoms with Gasteiger partial charge in [-0.3, -0.25) is 9.69 Å². The summed E-state index contributed by atoms with van der Waals surface area (Å²) in [5, 5.41) is 5.74. The van der Waals surface area contributed by atoms with Crippen molar-refractivity contribution in [2.75, 3.05) is 19.6 Å². The first kappa shape index (κ1) is 24.9. The molecule has 0 bridgehead atoms. The van der Waals surface area contributed by atoms with Gasteiger partial charge >= 0.3 is 0 Å². The number of hydrogen-bond acceptors (Lipinski definition) is 5. The number of nitrogens with zero attached hydrogens (tertiary/aromatic N) is 2. The Morgan fingerprint density at radius 2 is 1.79 bits per heavy atom. The lowest BCUT2D eigenvalue weighted by Gasteiger charge is -2.21. The zero-order valence-electron chi connectivity index (χ0n) is 16.1. The number of likely N-dealkylation sites (tertiary alicyclic amines) is 1. The molecule has 28 heavy (non-hydrogen) atoms. The van der Waals surface area contributed by atoms with E-state index < -0.39 is 0 Å². The first-order valence-corrected chi connectivity index (χ1v) is 10.4. The van der Waals surface area contributed by atoms with Gasteiger partial charge in [0, 0.05) is 24.9 Å². The van der Waals surface area contributed by atoms with E-state index in [-0.39, 0.29) is 30.7 Å². The van der Waals surface area contributed by atoms with Gasteiger partial charge in [-0.15, -0.1) is 36.2 Å². The molecule has 156 valence electrons. The van der Waals surface area contributed by atoms with Crippen LogP contribution in [0, 0.1) is 0 Å². The third-order valence-corrected chi connectivity index (χ3v) is 5.70. The van der Waals surface area contributed by atoms with E-state index >= 15 is 0 Å². The molecule has 2 aromatic rings. The van der Waals surface area contributed by atoms with E-state index in [0.717, 1.165) is 18.0 Å². The Bertz CT molecular complexity index is 718. The summed E-state index contributed by atoms with van der Waals surface area (Å²) in [4.78, 5) is 19.3. The SMILES string of the molecule is Cl.Cl.NCCc1nc(C(=O)NCc2ccccc2CN2CCCCCC2)cs1. The van der Waals surface area contributed by atoms with Crippen LogP contribution in [-0.4, -0.2) is 35.4 Å². The van der Waals surface area contributed by atoms with Crippen molar-refractivity contribution < 1.29 is 4.79 Å². The fraction of sp³-hybridized carbons (Fsp3) is 0.500. The predicted octanol–water partition coefficient (Wildman–Crippen LogP) is 3.79. The maximum atomic E-state index is 12.4. The zero-order valence-corrected chi connectivity index (χ0v) is 18.5. The van der Waals surface area contributed by atoms with Crippen LogP contribution in [0.15, 0.2) is 29.6 Å². The van der Waals surface area contributed by atoms with Crippen molar-refractivity contribution in [3.8, 4) is 0 Å². The molecule has 1 fully saturated rings. The van der Waals surface area contributed by atoms with Crippen molar-refractivity contribution in [1.82, 2.24) is 15.2 Å². The van der Waals surface area contributed by atoms with E-state index in [1.165, 1.54) is 61.2 Å². The number of carbonyl (C=O) groups is 1. The van der Waals surface area contributed by atoms with Crippen molar-refractivity contribution in [3.63, 3.8) is 0 Å². The second-order valence-corrected chi connectivity index (χ2v) is 7.75. The van der Waals surface area contributed by atoms with Gasteiger partial charge in [0.15, 0.2) is 0 Å². The van der Waals surface area contributed by atoms with E-state index in [1.807, 2.05) is 11.4 Å². The van der Waals surface area contributed by atoms with Crippen LogP contribution in [0.1, 0.15) is 52.3 Å². The van der Waals surface area contributed by atoms with Crippen LogP contribution in [0.25, 0.3) is 0 Å². The smallest absolute Gasteiger partial charge is 0.271 e. The summed E-state index contributed by atoms with van der Waals surface area (Å²) in [6.45, 7) is 4.39. The highest BCUT2D eigenvalue weighted by molar-refractivity contribution is 7.09. The molecule has 1 aromatic heterocycles. The molecule has 1 saturated heterocycles. The first-order valence-electron chi connectivity index (χ1n) is 9.48. The average molecular weight is 445 g/mol. The van der Waals surface area contributed by atoms with Crippen LogP contribution in [0.3, 0.4) is 0 Å². The maximum Gasteiger partial charge on any atom is 0.271 e. The number of amides is 1. The largest absolute Gasteiger partial charge is 0.347 e. The van der Waals surface area contributed by atoms with Gasteiger partial charge in [0.1, 0.15) is 5.69 Å². The normalized spacial score (nSPS) is 14.5. The van der Waals surface area contributed by atoms with Gasteiger partial charge in [0.05, 0.1) is 5.01 Å². The molecule has 0 unspecified atom stereocenters. The molecule has 1 aromatic carbocycles. The van der Waals surface area contributed by atoms with E-state index in [0.29, 0.717) is 18.8 Å². The van der Waals surface area contributed by atoms with Gasteiger partial charge in [0.25, 0.3) is 5.91 Å². The summed E-state index contributed by atoms with van der Waals surface area (Å²) >= 11 is 1.49. The van der Waals surface area contributed by atoms with Gasteiger partial charge in [-0.1, -0.05) is 37.1 Å². The van der Waals surface area contributed by atoms with Crippen LogP contribution in [0.2, 0.25) is 0 Å². The Hall–Kier alpha value is -1.18. The summed E-state index contributed by atoms with van der Waals surface area (Å²) in [6.07, 6.45) is 5.97. The van der Waals surface area contributed by atoms with E-state index in [4.69, 9.17) is 5.73 Å². The van der Waals surface area contributed by atoms with Gasteiger partial charge in [0.2, 0.25) is 0 Å². The van der Waals surface area contributed by atoms with Crippen molar-refractivity contribution >= 4 is 42.1 Å². The predicted molar refractivity (Wildman–Crippen MR) is 121 cm³/mol. The molecule has 3 N–H and O–H groups in total. The molecule has 0 aliphatic carbocycles. The second kappa shape index (κ2) is 13.1. The minimum absolute atomic E-state index is 0. The number of benzene rings is 1. The van der Waals surface area contributed by atoms with Crippen LogP contribution < -0.4 is 11.1 Å². The number of nitrogens with two attached hydrogens (primary N) is 1. The highest BCUT2D eigenvalue weighted by atomic mass is 35.5. The van der Waals surface area contributed by atoms with E-state index in [9.17, 15) is 4.79 Å². The molecule has 0 saturated carbocycles. The molecule has 1 aliphatic rings. The number of thiazole rings is 1. The zero-order chi connectivity index (χ0) is 18.2. The Kier molecular flexibility index (Phi) is 11.6. The van der Waals surface area contributed by atoms with Gasteiger partial charge in [-0.25, -0.2) is 4.98 Å². The second-order valence-electron chi connectivity index (χ2n) is 6.81. The molecule has 1 amide bonds. The number of hydrogen-bond donors (Lipinski definition) is 2. The molecule has 0 radical (unpaired) electrons. The van der Waals surface area contributed by atoms with Crippen molar-refractivity contribution in [2.45, 2.75) is 45.2 Å². The summed E-state index contributed by atoms with van der Waals surface area (Å²) < 4.78 is 0. The van der Waals surface area contributed by atoms with Crippen LogP contribution in [0.4, 0.5) is 0 Å². The molecular weight excluding hydrogens is 415 g/mol. The molecule has 1 aliphatic heterocycles. The Labute approximate surface area is 183 Å². The lowest BCUT2D eigenvalue weighted by molar-refractivity contribution is 0.0946. The first-order chi connectivity index (χ1) is 12.8. The minimum atomic E-state index is -0.117. The summed E-state index contributed by atoms with van der Waals surface area (Å²) in [5.74, 6) is -0.117. The monoisotopic (exact) mass is 444 g/mol. The number of carbonyl (C=O) groups excluding carboxylic acids is 1. The van der Waals surface area contributed by atoms with E-state index in [1.54, 1.807) is 0 Å². The average Bonchev–Trinajstić information content (AvgIpc) is 2.97. The van der Waals surface area contributed by atoms with Crippen LogP contribution in [-0.2, 0) is 19.5 Å². The standard InChI is InChI=1S/C20H28N4OS.2ClH/c21-10-9-19-23-18(15-26-19)20(25)22-13-16-7-3-4-8-17(16)14-24-11-5-1-2-6-12-24;;/h3-4,7-8,15H,1-2,5-6,9-14,21H2,(H,22,25);2*1H. The van der Waals surface area contributed by atoms with Gasteiger partial charge < -0.3 is 11.1 Å². The molecule has 0 spiro atoms. The van der Waals surface area contributed by atoms with Crippen molar-refractivity contribution in [3.05, 3.63) is 51.5 Å². The lowest BCUT2D eigenvalue weighted by atomic mass is 10.1. The van der Waals surface area contributed by atoms with Gasteiger partial charge in [-0.2, -0.15) is 0 Å². The van der Waals surface area contributed by atoms with Gasteiger partial charge in [-0.05, 0) is 43.6 Å². The molecular formula is C20H30Cl2N4OS. The molecule has 0 atom stereocenters. The Morgan fingerprint density at radius 3 is 2.46 bits per heavy atom. The highest BCUT2D eigenvalue weighted by Gasteiger charge is 2.14. The molecule has 3 rings (SSSR count). The Morgan fingerprint density at radius 1 is 1.11 bits per heavy atom. The lowest BCUT2D eigenvalue weighted by Crippen LogP contribution is -2.27. The number of aromatic nitrogens is 1. The molecule has 5 nitrogen and oxygen atoms in total. The third kappa shape index (κ3) is 7.33. The molecule has 2 heterocycles. The van der Waals surface area contributed by atoms with Crippen molar-refractivity contribution in [1.29, 1.82) is 0 Å². The third-order valence-electron chi connectivity index (χ3n) is 4.79. The van der Waals surface area contributed by atoms with Crippen LogP contribution >= 0.6 is 36.2 Å². The number of halogens is 2. The maximum absolute atomic E-state index is 12.4. The number of nitrogens with one attached hydrogen (secondary N) is 1. The molecule has 8 heteroatoms. The number of rotatable bonds is 7. The highest BCUT2D eigenvalue weighted by Crippen LogP contribution is 2.16. The summed E-state index contributed by atoms with van der Waals surface area (Å²) in [6, 6.07) is 8.40. The quantitative estimate of drug-likeness (QED) is 0.680. The minimum Gasteiger partial charge on any atom is -0.347 e. The summed E-state index contributed by atoms with van der Waals surface area (Å²) in [7, 11) is 0. The van der Waals surface area contributed by atoms with Crippen LogP contribution in [0.5, 0.6) is 0 Å². The summed E-state index contributed by atoms with van der Waals surface area (Å²) in [5.41, 5.74) is 8.52. The fourth-order valence-electron chi connectivity index (χ4n) is 3.34. The Balaban J connectivity index is 0.00000196. The fourth-order valence-corrected chi connectivity index (χ4v) is 4.13.